The summed E-state index contributed by atoms with van der Waals surface area (Å²) in [6.07, 6.45) is -11.5. The van der Waals surface area contributed by atoms with Crippen molar-refractivity contribution < 1.29 is 145 Å². The van der Waals surface area contributed by atoms with Gasteiger partial charge in [-0.25, -0.2) is 0 Å². The maximum Gasteiger partial charge on any atom is 0.460 e. The Labute approximate surface area is 275 Å². The van der Waals surface area contributed by atoms with E-state index in [0.717, 1.165) is 0 Å². The van der Waals surface area contributed by atoms with Gasteiger partial charge in [-0.05, 0) is 11.8 Å². The van der Waals surface area contributed by atoms with Gasteiger partial charge in [-0.1, -0.05) is 0 Å². The molecule has 0 spiro atoms. The number of nitrogens with zero attached hydrogens (tertiary/aromatic N) is 1. The minimum atomic E-state index is -10.2. The zero-order chi connectivity index (χ0) is 44.8. The van der Waals surface area contributed by atoms with E-state index in [0.29, 0.717) is 5.40 Å². The summed E-state index contributed by atoms with van der Waals surface area (Å²) < 4.78 is 445. The van der Waals surface area contributed by atoms with Crippen molar-refractivity contribution in [3.63, 3.8) is 0 Å². The van der Waals surface area contributed by atoms with Crippen LogP contribution >= 0.6 is 11.8 Å². The highest BCUT2D eigenvalue weighted by atomic mass is 32.2. The van der Waals surface area contributed by atoms with Crippen LogP contribution in [0.4, 0.5) is 145 Å². The first-order valence-electron chi connectivity index (χ1n) is 11.6. The molecule has 0 heterocycles. The molecule has 0 bridgehead atoms. The van der Waals surface area contributed by atoms with E-state index < -0.39 is 119 Å². The van der Waals surface area contributed by atoms with Crippen LogP contribution in [0.3, 0.4) is 0 Å². The molecular formula is C19H4F33NS. The third-order valence-electron chi connectivity index (χ3n) is 6.52. The summed E-state index contributed by atoms with van der Waals surface area (Å²) in [7, 11) is 0. The Hall–Kier alpha value is -2.47. The van der Waals surface area contributed by atoms with E-state index in [1.807, 2.05) is 0 Å². The van der Waals surface area contributed by atoms with Crippen LogP contribution in [0.2, 0.25) is 0 Å². The molecule has 0 saturated carbocycles. The minimum absolute atomic E-state index is 0.684. The van der Waals surface area contributed by atoms with Gasteiger partial charge in [0.05, 0.1) is 0 Å². The fourth-order valence-corrected chi connectivity index (χ4v) is 3.61. The Morgan fingerprint density at radius 3 is 0.611 bits per heavy atom. The van der Waals surface area contributed by atoms with Crippen molar-refractivity contribution in [2.45, 2.75) is 101 Å². The fraction of sp³-hybridized carbons (Fsp3) is 0.947. The predicted octanol–water partition coefficient (Wildman–Crippen LogP) is 11.7. The molecule has 0 fully saturated rings. The van der Waals surface area contributed by atoms with Crippen LogP contribution in [0.15, 0.2) is 0 Å². The van der Waals surface area contributed by atoms with E-state index in [1.54, 1.807) is 0 Å². The fourth-order valence-electron chi connectivity index (χ4n) is 3.16. The molecule has 0 aromatic carbocycles. The Kier molecular flexibility index (Phi) is 12.4. The van der Waals surface area contributed by atoms with Crippen LogP contribution < -0.4 is 0 Å². The Balaban J connectivity index is 7.66. The van der Waals surface area contributed by atoms with Crippen molar-refractivity contribution in [3.8, 4) is 5.40 Å². The summed E-state index contributed by atoms with van der Waals surface area (Å²) >= 11 is -0.684. The maximum atomic E-state index is 13.9. The van der Waals surface area contributed by atoms with Gasteiger partial charge < -0.3 is 0 Å². The van der Waals surface area contributed by atoms with E-state index in [9.17, 15) is 145 Å². The molecule has 0 unspecified atom stereocenters. The van der Waals surface area contributed by atoms with Crippen molar-refractivity contribution in [3.05, 3.63) is 0 Å². The predicted molar refractivity (Wildman–Crippen MR) is 103 cm³/mol. The third kappa shape index (κ3) is 6.08. The average molecular weight is 905 g/mol. The molecule has 0 aliphatic heterocycles. The number of rotatable bonds is 17. The number of hydrogen-bond acceptors (Lipinski definition) is 2. The van der Waals surface area contributed by atoms with Crippen LogP contribution in [-0.2, 0) is 0 Å². The summed E-state index contributed by atoms with van der Waals surface area (Å²) in [6.45, 7) is 0. The van der Waals surface area contributed by atoms with Gasteiger partial charge in [-0.15, -0.1) is 0 Å². The molecule has 54 heavy (non-hydrogen) atoms. The van der Waals surface area contributed by atoms with Gasteiger partial charge in [-0.2, -0.15) is 150 Å². The van der Waals surface area contributed by atoms with E-state index in [1.165, 1.54) is 0 Å². The second kappa shape index (κ2) is 13.0. The highest BCUT2D eigenvalue weighted by Crippen LogP contribution is 2.70. The Morgan fingerprint density at radius 1 is 0.278 bits per heavy atom. The standard InChI is InChI=1S/C19H4F33NS/c20-4(21,1-2-54-3-53)5(22,23)6(24,25)7(26,27)8(28,29)9(30,31)10(32,33)11(34,35)12(36,37)13(38,39)14(40,41)15(42,43)16(44,45)17(46,47)18(48,49)19(50,51)52/h1-2H2. The number of halogens is 33. The van der Waals surface area contributed by atoms with Crippen molar-refractivity contribution >= 4 is 11.8 Å². The topological polar surface area (TPSA) is 23.8 Å². The summed E-state index contributed by atoms with van der Waals surface area (Å²) in [6, 6.07) is 0. The second-order valence-corrected chi connectivity index (χ2v) is 10.8. The number of thioether (sulfide) groups is 1. The molecule has 0 rings (SSSR count). The molecule has 0 aromatic rings. The maximum absolute atomic E-state index is 13.9. The van der Waals surface area contributed by atoms with Crippen molar-refractivity contribution in [2.75, 3.05) is 5.75 Å². The van der Waals surface area contributed by atoms with Crippen molar-refractivity contribution in [1.29, 1.82) is 5.26 Å². The largest absolute Gasteiger partial charge is 0.460 e. The van der Waals surface area contributed by atoms with Crippen molar-refractivity contribution in [2.24, 2.45) is 0 Å². The average Bonchev–Trinajstić information content (AvgIpc) is 2.94. The Bertz CT molecular complexity index is 1390. The monoisotopic (exact) mass is 905 g/mol. The quantitative estimate of drug-likeness (QED) is 0.0825. The minimum Gasteiger partial charge on any atom is -0.200 e. The molecule has 322 valence electrons. The van der Waals surface area contributed by atoms with Crippen LogP contribution in [0, 0.1) is 10.7 Å². The van der Waals surface area contributed by atoms with Gasteiger partial charge in [0.1, 0.15) is 5.40 Å². The zero-order valence-corrected chi connectivity index (χ0v) is 24.1. The van der Waals surface area contributed by atoms with E-state index in [-0.39, 0.29) is 0 Å². The van der Waals surface area contributed by atoms with E-state index in [2.05, 4.69) is 0 Å². The summed E-state index contributed by atoms with van der Waals surface area (Å²) in [4.78, 5) is 0. The van der Waals surface area contributed by atoms with E-state index in [4.69, 9.17) is 5.26 Å². The lowest BCUT2D eigenvalue weighted by atomic mass is 9.82. The number of nitriles is 1. The highest BCUT2D eigenvalue weighted by molar-refractivity contribution is 8.03. The molecule has 0 amide bonds. The van der Waals surface area contributed by atoms with Gasteiger partial charge in [0.25, 0.3) is 0 Å². The Morgan fingerprint density at radius 2 is 0.444 bits per heavy atom. The van der Waals surface area contributed by atoms with Crippen LogP contribution in [-0.4, -0.2) is 101 Å². The van der Waals surface area contributed by atoms with E-state index >= 15 is 0 Å². The molecule has 0 N–H and O–H groups in total. The molecule has 1 nitrogen and oxygen atoms in total. The summed E-state index contributed by atoms with van der Waals surface area (Å²) in [5.74, 6) is -145. The molecule has 0 saturated heterocycles. The highest BCUT2D eigenvalue weighted by Gasteiger charge is 3.01. The van der Waals surface area contributed by atoms with Gasteiger partial charge >= 0.3 is 95.0 Å². The first-order valence-corrected chi connectivity index (χ1v) is 12.5. The number of thiocyanates is 1. The number of hydrogen-bond donors (Lipinski definition) is 0. The molecule has 0 aliphatic rings. The molecular weight excluding hydrogens is 901 g/mol. The molecule has 0 atom stereocenters. The van der Waals surface area contributed by atoms with Crippen molar-refractivity contribution in [1.82, 2.24) is 0 Å². The molecule has 35 heteroatoms. The lowest BCUT2D eigenvalue weighted by Gasteiger charge is -2.47. The smallest absolute Gasteiger partial charge is 0.200 e. The first kappa shape index (κ1) is 51.5. The van der Waals surface area contributed by atoms with Crippen LogP contribution in [0.1, 0.15) is 6.42 Å². The van der Waals surface area contributed by atoms with Gasteiger partial charge in [0.15, 0.2) is 0 Å². The lowest BCUT2D eigenvalue weighted by molar-refractivity contribution is -0.491. The molecule has 0 aliphatic carbocycles. The van der Waals surface area contributed by atoms with Gasteiger partial charge in [0.2, 0.25) is 0 Å². The molecule has 0 radical (unpaired) electrons. The summed E-state index contributed by atoms with van der Waals surface area (Å²) in [5.41, 5.74) is 0. The second-order valence-electron chi connectivity index (χ2n) is 9.93. The normalized spacial score (nSPS) is 16.8. The summed E-state index contributed by atoms with van der Waals surface area (Å²) in [5, 5.41) is 8.68. The SMILES string of the molecule is N#CSCCC(F)(F)C(F)(F)C(F)(F)C(F)(F)C(F)(F)C(F)(F)C(F)(F)C(F)(F)C(F)(F)C(F)(F)C(F)(F)C(F)(F)C(F)(F)C(F)(F)C(F)(F)C(F)(F)F. The van der Waals surface area contributed by atoms with Crippen LogP contribution in [0.25, 0.3) is 0 Å². The zero-order valence-electron chi connectivity index (χ0n) is 23.2. The van der Waals surface area contributed by atoms with Gasteiger partial charge in [0, 0.05) is 12.2 Å². The molecule has 0 aromatic heterocycles. The van der Waals surface area contributed by atoms with Gasteiger partial charge in [-0.3, -0.25) is 0 Å². The third-order valence-corrected chi connectivity index (χ3v) is 7.06. The number of alkyl halides is 33. The first-order chi connectivity index (χ1) is 22.8. The lowest BCUT2D eigenvalue weighted by Crippen LogP contribution is -2.80. The van der Waals surface area contributed by atoms with Crippen LogP contribution in [0.5, 0.6) is 0 Å².